The molecule has 0 aromatic heterocycles. The number of unbranched alkanes of at least 4 members (excludes halogenated alkanes) is 1. The monoisotopic (exact) mass is 1170 g/mol. The van der Waals surface area contributed by atoms with Crippen LogP contribution in [0.4, 0.5) is 24.5 Å². The van der Waals surface area contributed by atoms with Crippen molar-refractivity contribution in [2.75, 3.05) is 81.5 Å². The van der Waals surface area contributed by atoms with Crippen molar-refractivity contribution in [1.29, 1.82) is 0 Å². The molecule has 0 unspecified atom stereocenters. The Kier molecular flexibility index (Phi) is 19.1. The second-order valence-electron chi connectivity index (χ2n) is 21.7. The third-order valence-electron chi connectivity index (χ3n) is 15.4. The van der Waals surface area contributed by atoms with E-state index in [2.05, 4.69) is 46.4 Å². The normalized spacial score (nSPS) is 19.1. The molecule has 0 saturated carbocycles. The van der Waals surface area contributed by atoms with Crippen molar-refractivity contribution in [2.24, 2.45) is 10.8 Å². The summed E-state index contributed by atoms with van der Waals surface area (Å²) in [5.74, 6) is -1.77. The minimum absolute atomic E-state index is 0.00383. The van der Waals surface area contributed by atoms with Crippen LogP contribution in [0.3, 0.4) is 0 Å². The number of thioether (sulfide) groups is 1. The van der Waals surface area contributed by atoms with Crippen LogP contribution in [-0.4, -0.2) is 144 Å². The Morgan fingerprint density at radius 1 is 0.899 bits per heavy atom. The first-order valence-corrected chi connectivity index (χ1v) is 30.8. The van der Waals surface area contributed by atoms with E-state index in [0.717, 1.165) is 61.6 Å². The Balaban J connectivity index is 0.939. The number of sulfonamides is 1. The number of nitrogens with one attached hydrogen (secondary N) is 3. The van der Waals surface area contributed by atoms with Gasteiger partial charge in [0.15, 0.2) is 0 Å². The second kappa shape index (κ2) is 25.2. The molecule has 5 N–H and O–H groups in total. The number of likely N-dealkylation sites (tertiary alicyclic amines) is 1. The summed E-state index contributed by atoms with van der Waals surface area (Å²) in [6.45, 7) is 8.86. The maximum absolute atomic E-state index is 14.5. The molecule has 2 amide bonds. The van der Waals surface area contributed by atoms with E-state index in [-0.39, 0.29) is 48.1 Å². The largest absolute Gasteiger partial charge is 0.501 e. The highest BCUT2D eigenvalue weighted by atomic mass is 35.5. The Hall–Kier alpha value is -5.36. The summed E-state index contributed by atoms with van der Waals surface area (Å²) in [4.78, 5) is 43.0. The van der Waals surface area contributed by atoms with Crippen LogP contribution in [0, 0.1) is 10.8 Å². The predicted octanol–water partition coefficient (Wildman–Crippen LogP) is 8.71. The number of aliphatic hydroxyl groups is 1. The van der Waals surface area contributed by atoms with Crippen molar-refractivity contribution in [1.82, 2.24) is 19.8 Å². The van der Waals surface area contributed by atoms with Crippen molar-refractivity contribution < 1.29 is 59.3 Å². The number of hydrogen-bond acceptors (Lipinski definition) is 14. The van der Waals surface area contributed by atoms with Crippen LogP contribution in [0.25, 0.3) is 5.57 Å². The Labute approximate surface area is 469 Å². The van der Waals surface area contributed by atoms with Crippen molar-refractivity contribution in [3.8, 4) is 5.75 Å². The lowest BCUT2D eigenvalue weighted by Crippen LogP contribution is -2.57. The summed E-state index contributed by atoms with van der Waals surface area (Å²) < 4.78 is 106. The van der Waals surface area contributed by atoms with Gasteiger partial charge >= 0.3 is 11.5 Å². The maximum atomic E-state index is 14.5. The Morgan fingerprint density at radius 3 is 2.33 bits per heavy atom. The molecule has 79 heavy (non-hydrogen) atoms. The van der Waals surface area contributed by atoms with Crippen LogP contribution in [0.15, 0.2) is 111 Å². The molecule has 16 nitrogen and oxygen atoms in total. The number of nitrogens with zero attached hydrogens (tertiary/aromatic N) is 3. The van der Waals surface area contributed by atoms with Crippen molar-refractivity contribution in [3.63, 3.8) is 0 Å². The lowest BCUT2D eigenvalue weighted by atomic mass is 9.72. The molecular formula is C56H68ClF3N6O10S3. The predicted molar refractivity (Wildman–Crippen MR) is 299 cm³/mol. The Bertz CT molecular complexity index is 3110. The number of allylic oxidation sites excluding steroid dienone is 1. The summed E-state index contributed by atoms with van der Waals surface area (Å²) in [7, 11) is -11.2. The number of carbonyl (C=O) groups is 3. The van der Waals surface area contributed by atoms with E-state index in [1.54, 1.807) is 6.07 Å². The molecule has 8 rings (SSSR count). The number of carbonyl (C=O) groups excluding carboxylic acids is 2. The van der Waals surface area contributed by atoms with E-state index in [9.17, 15) is 49.5 Å². The summed E-state index contributed by atoms with van der Waals surface area (Å²) in [6.07, 6.45) is 4.73. The molecule has 1 aliphatic carbocycles. The quantitative estimate of drug-likeness (QED) is 0.0368. The number of aliphatic carboxylic acids is 1. The highest BCUT2D eigenvalue weighted by Crippen LogP contribution is 2.44. The van der Waals surface area contributed by atoms with E-state index in [0.29, 0.717) is 75.3 Å². The second-order valence-corrected chi connectivity index (χ2v) is 26.8. The molecule has 428 valence electrons. The van der Waals surface area contributed by atoms with Crippen LogP contribution in [0.1, 0.15) is 87.6 Å². The van der Waals surface area contributed by atoms with Crippen molar-refractivity contribution >= 4 is 78.0 Å². The van der Waals surface area contributed by atoms with Gasteiger partial charge in [0.2, 0.25) is 5.91 Å². The molecule has 4 aromatic carbocycles. The van der Waals surface area contributed by atoms with E-state index in [1.807, 2.05) is 52.1 Å². The molecule has 2 fully saturated rings. The minimum Gasteiger partial charge on any atom is -0.489 e. The van der Waals surface area contributed by atoms with E-state index >= 15 is 0 Å². The van der Waals surface area contributed by atoms with Gasteiger partial charge in [-0.25, -0.2) is 21.6 Å². The van der Waals surface area contributed by atoms with Crippen molar-refractivity contribution in [2.45, 2.75) is 104 Å². The molecule has 0 spiro atoms. The van der Waals surface area contributed by atoms with Gasteiger partial charge in [0.1, 0.15) is 17.3 Å². The SMILES string of the molecule is CC1(C)CCC(c2ccc(Cl)cc2)=C(CN2CCN3c4ccc(C(=O)NS(=O)(=O)c5ccc(N[C@H](CCN6CCC(CO)(C(=O)NCCCCC(=O)O)CC6)CSc6ccccc6)c(S(=O)(=O)C(F)(F)F)c5)cc4OC[C@@H]3C2)C1. The van der Waals surface area contributed by atoms with Gasteiger partial charge in [-0.2, -0.15) is 13.2 Å². The number of carboxylic acids is 1. The molecule has 4 aliphatic rings. The fourth-order valence-electron chi connectivity index (χ4n) is 10.8. The van der Waals surface area contributed by atoms with Gasteiger partial charge in [-0.15, -0.1) is 11.8 Å². The number of halogens is 4. The number of piperidine rings is 1. The number of benzene rings is 4. The van der Waals surface area contributed by atoms with Gasteiger partial charge in [-0.1, -0.05) is 61.4 Å². The lowest BCUT2D eigenvalue weighted by Gasteiger charge is -2.46. The van der Waals surface area contributed by atoms with Crippen LogP contribution in [0.2, 0.25) is 5.02 Å². The molecule has 0 bridgehead atoms. The summed E-state index contributed by atoms with van der Waals surface area (Å²) in [6, 6.07) is 23.3. The highest BCUT2D eigenvalue weighted by Gasteiger charge is 2.49. The third kappa shape index (κ3) is 14.8. The average molecular weight is 1170 g/mol. The van der Waals surface area contributed by atoms with Gasteiger partial charge in [0.05, 0.1) is 34.3 Å². The molecule has 3 aliphatic heterocycles. The molecule has 2 atom stereocenters. The molecule has 0 radical (unpaired) electrons. The van der Waals surface area contributed by atoms with E-state index in [4.69, 9.17) is 21.4 Å². The first kappa shape index (κ1) is 59.8. The molecule has 2 saturated heterocycles. The summed E-state index contributed by atoms with van der Waals surface area (Å²) in [5, 5.41) is 25.7. The van der Waals surface area contributed by atoms with E-state index in [1.165, 1.54) is 40.6 Å². The topological polar surface area (TPSA) is 215 Å². The number of hydrogen-bond donors (Lipinski definition) is 5. The lowest BCUT2D eigenvalue weighted by molar-refractivity contribution is -0.137. The molecular weight excluding hydrogens is 1110 g/mol. The number of ether oxygens (including phenoxy) is 1. The van der Waals surface area contributed by atoms with Crippen molar-refractivity contribution in [3.05, 3.63) is 113 Å². The molecule has 23 heteroatoms. The third-order valence-corrected chi connectivity index (χ3v) is 19.7. The smallest absolute Gasteiger partial charge is 0.489 e. The fourth-order valence-corrected chi connectivity index (χ4v) is 14.0. The fraction of sp³-hybridized carbons (Fsp3) is 0.482. The van der Waals surface area contributed by atoms with Crippen LogP contribution in [0.5, 0.6) is 5.75 Å². The number of carboxylic acid groups (broad SMARTS) is 1. The first-order chi connectivity index (χ1) is 37.5. The molecule has 4 aromatic rings. The van der Waals surface area contributed by atoms with E-state index < -0.39 is 70.8 Å². The Morgan fingerprint density at radius 2 is 1.63 bits per heavy atom. The number of alkyl halides is 3. The van der Waals surface area contributed by atoms with Gasteiger partial charge in [-0.3, -0.25) is 19.3 Å². The van der Waals surface area contributed by atoms with Crippen LogP contribution in [-0.2, 0) is 29.4 Å². The zero-order chi connectivity index (χ0) is 56.8. The van der Waals surface area contributed by atoms with Gasteiger partial charge in [-0.05, 0) is 142 Å². The number of aliphatic hydroxyl groups excluding tert-OH is 1. The number of fused-ring (bicyclic) bond motifs is 3. The van der Waals surface area contributed by atoms with Gasteiger partial charge in [0.25, 0.3) is 25.8 Å². The highest BCUT2D eigenvalue weighted by molar-refractivity contribution is 7.99. The maximum Gasteiger partial charge on any atom is 0.501 e. The molecule has 3 heterocycles. The number of amides is 2. The van der Waals surface area contributed by atoms with Crippen LogP contribution < -0.4 is 25.0 Å². The first-order valence-electron chi connectivity index (χ1n) is 26.5. The number of anilines is 2. The van der Waals surface area contributed by atoms with Gasteiger partial charge in [0, 0.05) is 73.0 Å². The zero-order valence-corrected chi connectivity index (χ0v) is 47.4. The standard InChI is InChI=1S/C56H68ClF3N6O10S3/c1-54(2)21-19-46(38-11-14-41(57)15-12-38)40(32-54)33-65-28-29-66-43(34-65)35-76-49-30-39(13-18-48(49)66)52(70)63-79(74,75)45-16-17-47(50(31-45)78(72,73)56(58,59)60)62-42(36-77-44-8-4-3-5-9-44)20-25-64-26-22-55(37-67,23-27-64)53(71)61-24-7-6-10-51(68)69/h3-5,8-9,11-18,30-31,42-43,62,67H,6-7,10,19-29,32-37H2,1-2H3,(H,61,71)(H,63,70)(H,68,69)/t42-,43+/m1/s1. The zero-order valence-electron chi connectivity index (χ0n) is 44.2. The minimum atomic E-state index is -6.18. The number of piperazine rings is 1. The van der Waals surface area contributed by atoms with Gasteiger partial charge < -0.3 is 35.4 Å². The summed E-state index contributed by atoms with van der Waals surface area (Å²) >= 11 is 7.60. The number of sulfone groups is 1. The summed E-state index contributed by atoms with van der Waals surface area (Å²) in [5.41, 5.74) is -2.64. The average Bonchev–Trinajstić information content (AvgIpc) is 3.41. The number of rotatable bonds is 22. The van der Waals surface area contributed by atoms with Crippen LogP contribution >= 0.6 is 23.4 Å².